The van der Waals surface area contributed by atoms with E-state index in [0.29, 0.717) is 12.5 Å². The Morgan fingerprint density at radius 1 is 1.12 bits per heavy atom. The van der Waals surface area contributed by atoms with E-state index in [-0.39, 0.29) is 35.8 Å². The van der Waals surface area contributed by atoms with E-state index in [4.69, 9.17) is 14.6 Å². The van der Waals surface area contributed by atoms with Gasteiger partial charge in [0, 0.05) is 31.2 Å². The van der Waals surface area contributed by atoms with Gasteiger partial charge in [0.05, 0.1) is 11.5 Å². The van der Waals surface area contributed by atoms with Crippen molar-refractivity contribution in [1.82, 2.24) is 10.2 Å². The van der Waals surface area contributed by atoms with Crippen molar-refractivity contribution in [3.05, 3.63) is 0 Å². The van der Waals surface area contributed by atoms with Crippen LogP contribution in [0.25, 0.3) is 0 Å². The number of ether oxygens (including phenoxy) is 1. The Hall–Kier alpha value is -1.19. The molecule has 0 radical (unpaired) electrons. The summed E-state index contributed by atoms with van der Waals surface area (Å²) in [5, 5.41) is 9.83. The zero-order valence-corrected chi connectivity index (χ0v) is 15.2. The molecule has 1 atom stereocenters. The van der Waals surface area contributed by atoms with Gasteiger partial charge in [0.2, 0.25) is 5.91 Å². The third-order valence-corrected chi connectivity index (χ3v) is 6.95. The van der Waals surface area contributed by atoms with Crippen LogP contribution in [-0.2, 0) is 24.2 Å². The smallest absolute Gasteiger partial charge is 0.290 e. The minimum atomic E-state index is -2.93. The Morgan fingerprint density at radius 2 is 1.72 bits per heavy atom. The number of likely N-dealkylation sites (tertiary alicyclic amines) is 1. The fraction of sp³-hybridized carbons (Fsp3) is 0.875. The number of hydrogen-bond acceptors (Lipinski definition) is 6. The fourth-order valence-corrected chi connectivity index (χ4v) is 5.48. The van der Waals surface area contributed by atoms with Crippen LogP contribution >= 0.6 is 0 Å². The molecule has 0 bridgehead atoms. The molecule has 0 spiro atoms. The lowest BCUT2D eigenvalue weighted by Gasteiger charge is -2.39. The third-order valence-electron chi connectivity index (χ3n) is 5.19. The van der Waals surface area contributed by atoms with Crippen molar-refractivity contribution in [2.24, 2.45) is 5.92 Å². The molecule has 1 amide bonds. The highest BCUT2D eigenvalue weighted by molar-refractivity contribution is 7.91. The molecule has 144 valence electrons. The average molecular weight is 376 g/mol. The standard InChI is InChI=1S/C15H26N2O4S.CH2O2/c18-15(16-13-5-10-22(19,20)11-13)12-1-6-17(7-2-12)14-3-8-21-9-4-14;2-1-3/h12-14H,1-11H2,(H,16,18);1H,(H,2,3). The zero-order valence-electron chi connectivity index (χ0n) is 14.4. The van der Waals surface area contributed by atoms with E-state index in [2.05, 4.69) is 10.2 Å². The topological polar surface area (TPSA) is 113 Å². The van der Waals surface area contributed by atoms with Crippen molar-refractivity contribution in [3.8, 4) is 0 Å². The highest BCUT2D eigenvalue weighted by Gasteiger charge is 2.33. The second-order valence-electron chi connectivity index (χ2n) is 6.87. The summed E-state index contributed by atoms with van der Waals surface area (Å²) in [6.45, 7) is 3.37. The number of nitrogens with zero attached hydrogens (tertiary/aromatic N) is 1. The molecule has 3 aliphatic heterocycles. The number of nitrogens with one attached hydrogen (secondary N) is 1. The van der Waals surface area contributed by atoms with Gasteiger partial charge in [-0.05, 0) is 45.2 Å². The molecule has 0 aliphatic carbocycles. The van der Waals surface area contributed by atoms with Crippen LogP contribution in [0.2, 0.25) is 0 Å². The van der Waals surface area contributed by atoms with Gasteiger partial charge >= 0.3 is 0 Å². The number of piperidine rings is 1. The molecule has 0 aromatic heterocycles. The molecule has 0 saturated carbocycles. The predicted molar refractivity (Wildman–Crippen MR) is 92.0 cm³/mol. The van der Waals surface area contributed by atoms with Crippen molar-refractivity contribution < 1.29 is 27.9 Å². The maximum absolute atomic E-state index is 12.3. The van der Waals surface area contributed by atoms with Gasteiger partial charge in [-0.3, -0.25) is 9.59 Å². The van der Waals surface area contributed by atoms with Gasteiger partial charge in [0.15, 0.2) is 9.84 Å². The lowest BCUT2D eigenvalue weighted by Crippen LogP contribution is -2.48. The molecule has 1 unspecified atom stereocenters. The Bertz CT molecular complexity index is 539. The van der Waals surface area contributed by atoms with E-state index in [0.717, 1.165) is 52.0 Å². The summed E-state index contributed by atoms with van der Waals surface area (Å²) in [4.78, 5) is 23.2. The van der Waals surface area contributed by atoms with Crippen LogP contribution in [0.15, 0.2) is 0 Å². The molecule has 8 nitrogen and oxygen atoms in total. The van der Waals surface area contributed by atoms with Crippen LogP contribution in [0.5, 0.6) is 0 Å². The minimum absolute atomic E-state index is 0.0411. The first-order chi connectivity index (χ1) is 11.9. The Labute approximate surface area is 148 Å². The average Bonchev–Trinajstić information content (AvgIpc) is 2.95. The molecule has 0 aromatic carbocycles. The predicted octanol–water partition coefficient (Wildman–Crippen LogP) is -0.118. The molecular weight excluding hydrogens is 348 g/mol. The number of rotatable bonds is 3. The number of amides is 1. The number of carbonyl (C=O) groups excluding carboxylic acids is 1. The van der Waals surface area contributed by atoms with Gasteiger partial charge in [-0.15, -0.1) is 0 Å². The van der Waals surface area contributed by atoms with Crippen molar-refractivity contribution >= 4 is 22.2 Å². The highest BCUT2D eigenvalue weighted by atomic mass is 32.2. The van der Waals surface area contributed by atoms with Crippen molar-refractivity contribution in [1.29, 1.82) is 0 Å². The van der Waals surface area contributed by atoms with E-state index in [1.807, 2.05) is 0 Å². The van der Waals surface area contributed by atoms with E-state index < -0.39 is 9.84 Å². The summed E-state index contributed by atoms with van der Waals surface area (Å²) in [6, 6.07) is 0.434. The van der Waals surface area contributed by atoms with Crippen molar-refractivity contribution in [3.63, 3.8) is 0 Å². The van der Waals surface area contributed by atoms with Crippen LogP contribution < -0.4 is 5.32 Å². The maximum atomic E-state index is 12.3. The molecule has 3 heterocycles. The Morgan fingerprint density at radius 3 is 2.24 bits per heavy atom. The van der Waals surface area contributed by atoms with Gasteiger partial charge in [-0.2, -0.15) is 0 Å². The summed E-state index contributed by atoms with van der Waals surface area (Å²) in [6.07, 6.45) is 4.51. The fourth-order valence-electron chi connectivity index (χ4n) is 3.80. The van der Waals surface area contributed by atoms with E-state index >= 15 is 0 Å². The second kappa shape index (κ2) is 9.49. The van der Waals surface area contributed by atoms with Crippen LogP contribution in [0, 0.1) is 5.92 Å². The lowest BCUT2D eigenvalue weighted by molar-refractivity contribution is -0.127. The molecule has 3 saturated heterocycles. The summed E-state index contributed by atoms with van der Waals surface area (Å²) in [5.41, 5.74) is 0. The summed E-state index contributed by atoms with van der Waals surface area (Å²) in [7, 11) is -2.93. The molecule has 0 aromatic rings. The first-order valence-corrected chi connectivity index (χ1v) is 10.7. The zero-order chi connectivity index (χ0) is 18.3. The molecule has 3 aliphatic rings. The minimum Gasteiger partial charge on any atom is -0.483 e. The lowest BCUT2D eigenvalue weighted by atomic mass is 9.93. The van der Waals surface area contributed by atoms with Gasteiger partial charge in [0.1, 0.15) is 0 Å². The third kappa shape index (κ3) is 6.23. The van der Waals surface area contributed by atoms with Crippen LogP contribution in [0.3, 0.4) is 0 Å². The number of carbonyl (C=O) groups is 2. The van der Waals surface area contributed by atoms with Crippen LogP contribution in [0.1, 0.15) is 32.1 Å². The van der Waals surface area contributed by atoms with Gasteiger partial charge in [-0.25, -0.2) is 8.42 Å². The number of hydrogen-bond donors (Lipinski definition) is 2. The SMILES string of the molecule is O=C(NC1CCS(=O)(=O)C1)C1CCN(C2CCOCC2)CC1.O=CO. The number of sulfone groups is 1. The summed E-state index contributed by atoms with van der Waals surface area (Å²) in [5.74, 6) is 0.410. The molecule has 9 heteroatoms. The molecule has 3 rings (SSSR count). The second-order valence-corrected chi connectivity index (χ2v) is 9.10. The summed E-state index contributed by atoms with van der Waals surface area (Å²) < 4.78 is 28.3. The molecule has 3 fully saturated rings. The maximum Gasteiger partial charge on any atom is 0.290 e. The van der Waals surface area contributed by atoms with Crippen molar-refractivity contribution in [2.45, 2.75) is 44.2 Å². The van der Waals surface area contributed by atoms with Crippen LogP contribution in [-0.4, -0.2) is 80.7 Å². The van der Waals surface area contributed by atoms with Gasteiger partial charge in [0.25, 0.3) is 6.47 Å². The van der Waals surface area contributed by atoms with E-state index in [1.165, 1.54) is 0 Å². The monoisotopic (exact) mass is 376 g/mol. The largest absolute Gasteiger partial charge is 0.483 e. The van der Waals surface area contributed by atoms with Gasteiger partial charge in [-0.1, -0.05) is 0 Å². The summed E-state index contributed by atoms with van der Waals surface area (Å²) >= 11 is 0. The molecule has 2 N–H and O–H groups in total. The Kier molecular flexibility index (Phi) is 7.64. The first kappa shape index (κ1) is 20.1. The first-order valence-electron chi connectivity index (χ1n) is 8.85. The number of carboxylic acid groups (broad SMARTS) is 1. The highest BCUT2D eigenvalue weighted by Crippen LogP contribution is 2.24. The van der Waals surface area contributed by atoms with E-state index in [9.17, 15) is 13.2 Å². The quantitative estimate of drug-likeness (QED) is 0.660. The van der Waals surface area contributed by atoms with E-state index in [1.54, 1.807) is 0 Å². The van der Waals surface area contributed by atoms with Crippen LogP contribution in [0.4, 0.5) is 0 Å². The van der Waals surface area contributed by atoms with Crippen molar-refractivity contribution in [2.75, 3.05) is 37.8 Å². The Balaban J connectivity index is 0.000000701. The normalized spacial score (nSPS) is 27.9. The molecule has 25 heavy (non-hydrogen) atoms. The van der Waals surface area contributed by atoms with Gasteiger partial charge < -0.3 is 20.1 Å². The molecular formula is C16H28N2O6S.